The van der Waals surface area contributed by atoms with Crippen molar-refractivity contribution in [2.75, 3.05) is 38.4 Å². The van der Waals surface area contributed by atoms with Crippen molar-refractivity contribution in [3.63, 3.8) is 0 Å². The number of sulfone groups is 1. The molecule has 2 aliphatic rings. The fraction of sp³-hybridized carbons (Fsp3) is 0.522. The molecule has 0 radical (unpaired) electrons. The minimum atomic E-state index is -3.40. The number of rotatable bonds is 7. The van der Waals surface area contributed by atoms with E-state index in [2.05, 4.69) is 15.6 Å². The smallest absolute Gasteiger partial charge is 0.238 e. The molecule has 0 spiro atoms. The molecule has 172 valence electrons. The summed E-state index contributed by atoms with van der Waals surface area (Å²) in [6.07, 6.45) is 3.12. The van der Waals surface area contributed by atoms with Crippen LogP contribution in [-0.4, -0.2) is 57.4 Å². The van der Waals surface area contributed by atoms with E-state index in [0.29, 0.717) is 36.3 Å². The Balaban J connectivity index is 1.74. The Morgan fingerprint density at radius 3 is 2.59 bits per heavy atom. The highest BCUT2D eigenvalue weighted by Crippen LogP contribution is 2.58. The summed E-state index contributed by atoms with van der Waals surface area (Å²) in [5, 5.41) is 5.63. The number of carbonyl (C=O) groups excluding carboxylic acids is 1. The Morgan fingerprint density at radius 2 is 1.97 bits per heavy atom. The molecule has 8 nitrogen and oxygen atoms in total. The Bertz CT molecular complexity index is 1130. The highest BCUT2D eigenvalue weighted by atomic mass is 32.2. The molecule has 2 aromatic rings. The van der Waals surface area contributed by atoms with E-state index >= 15 is 0 Å². The second kappa shape index (κ2) is 8.20. The Hall–Kier alpha value is -2.36. The van der Waals surface area contributed by atoms with E-state index in [9.17, 15) is 13.2 Å². The van der Waals surface area contributed by atoms with Gasteiger partial charge in [0.1, 0.15) is 4.75 Å². The van der Waals surface area contributed by atoms with E-state index in [-0.39, 0.29) is 17.9 Å². The molecule has 9 heteroatoms. The van der Waals surface area contributed by atoms with Gasteiger partial charge in [-0.15, -0.1) is 0 Å². The van der Waals surface area contributed by atoms with E-state index in [4.69, 9.17) is 9.72 Å². The van der Waals surface area contributed by atoms with Gasteiger partial charge in [0, 0.05) is 29.5 Å². The molecule has 32 heavy (non-hydrogen) atoms. The normalized spacial score (nSPS) is 22.8. The molecule has 1 amide bonds. The minimum absolute atomic E-state index is 0.0562. The lowest BCUT2D eigenvalue weighted by molar-refractivity contribution is -0.115. The molecule has 0 bridgehead atoms. The van der Waals surface area contributed by atoms with Crippen molar-refractivity contribution >= 4 is 21.4 Å². The maximum absolute atomic E-state index is 12.6. The first-order chi connectivity index (χ1) is 15.1. The quantitative estimate of drug-likeness (QED) is 0.655. The van der Waals surface area contributed by atoms with E-state index in [1.165, 1.54) is 6.26 Å². The number of ether oxygens (including phenoxy) is 1. The molecular weight excluding hydrogens is 428 g/mol. The summed E-state index contributed by atoms with van der Waals surface area (Å²) in [7, 11) is -1.69. The van der Waals surface area contributed by atoms with Crippen LogP contribution in [0.3, 0.4) is 0 Å². The van der Waals surface area contributed by atoms with Crippen LogP contribution in [0.25, 0.3) is 11.4 Å². The maximum atomic E-state index is 12.6. The number of anilines is 1. The van der Waals surface area contributed by atoms with Crippen LogP contribution in [0.4, 0.5) is 5.69 Å². The average molecular weight is 459 g/mol. The van der Waals surface area contributed by atoms with E-state index in [0.717, 1.165) is 24.1 Å². The summed E-state index contributed by atoms with van der Waals surface area (Å²) >= 11 is 0. The van der Waals surface area contributed by atoms with Crippen LogP contribution < -0.4 is 10.6 Å². The summed E-state index contributed by atoms with van der Waals surface area (Å²) in [6, 6.07) is 9.16. The van der Waals surface area contributed by atoms with Gasteiger partial charge in [-0.25, -0.2) is 18.4 Å². The highest BCUT2D eigenvalue weighted by Gasteiger charge is 2.58. The van der Waals surface area contributed by atoms with Crippen LogP contribution >= 0.6 is 0 Å². The number of hydrogen-bond acceptors (Lipinski definition) is 7. The lowest BCUT2D eigenvalue weighted by Gasteiger charge is -2.26. The SMILES string of the molecule is CNCC(=O)Nc1ccc(-c2nc(C(C)(C)S(C)(=O)=O)cc([C@@]34CCOC[C@@H]3C4)n2)cc1. The summed E-state index contributed by atoms with van der Waals surface area (Å²) in [5.74, 6) is 0.779. The lowest BCUT2D eigenvalue weighted by Crippen LogP contribution is -2.31. The Morgan fingerprint density at radius 1 is 1.25 bits per heavy atom. The molecule has 1 aromatic carbocycles. The van der Waals surface area contributed by atoms with Gasteiger partial charge in [-0.1, -0.05) is 0 Å². The van der Waals surface area contributed by atoms with E-state index in [1.54, 1.807) is 33.0 Å². The number of nitrogens with one attached hydrogen (secondary N) is 2. The van der Waals surface area contributed by atoms with Crippen LogP contribution in [-0.2, 0) is 29.5 Å². The largest absolute Gasteiger partial charge is 0.381 e. The number of fused-ring (bicyclic) bond motifs is 1. The second-order valence-corrected chi connectivity index (χ2v) is 11.8. The molecule has 1 aliphatic heterocycles. The van der Waals surface area contributed by atoms with Crippen LogP contribution in [0.15, 0.2) is 30.3 Å². The zero-order valence-electron chi connectivity index (χ0n) is 18.9. The molecule has 1 aromatic heterocycles. The fourth-order valence-corrected chi connectivity index (χ4v) is 4.71. The number of likely N-dealkylation sites (N-methyl/N-ethyl adjacent to an activating group) is 1. The van der Waals surface area contributed by atoms with Crippen molar-refractivity contribution in [3.05, 3.63) is 41.7 Å². The molecule has 2 heterocycles. The average Bonchev–Trinajstić information content (AvgIpc) is 3.49. The maximum Gasteiger partial charge on any atom is 0.238 e. The zero-order valence-corrected chi connectivity index (χ0v) is 19.8. The predicted molar refractivity (Wildman–Crippen MR) is 123 cm³/mol. The lowest BCUT2D eigenvalue weighted by atomic mass is 9.92. The third-order valence-electron chi connectivity index (χ3n) is 6.79. The number of hydrogen-bond donors (Lipinski definition) is 2. The highest BCUT2D eigenvalue weighted by molar-refractivity contribution is 7.91. The number of aromatic nitrogens is 2. The molecule has 1 saturated carbocycles. The van der Waals surface area contributed by atoms with Gasteiger partial charge in [-0.05, 0) is 70.0 Å². The second-order valence-electron chi connectivity index (χ2n) is 9.28. The molecular formula is C23H30N4O4S. The van der Waals surface area contributed by atoms with Crippen molar-refractivity contribution in [2.24, 2.45) is 5.92 Å². The van der Waals surface area contributed by atoms with Crippen molar-refractivity contribution < 1.29 is 17.9 Å². The molecule has 1 saturated heterocycles. The summed E-state index contributed by atoms with van der Waals surface area (Å²) in [5.41, 5.74) is 2.78. The van der Waals surface area contributed by atoms with Crippen LogP contribution in [0.5, 0.6) is 0 Å². The van der Waals surface area contributed by atoms with Crippen molar-refractivity contribution in [1.82, 2.24) is 15.3 Å². The molecule has 2 fully saturated rings. The molecule has 2 atom stereocenters. The van der Waals surface area contributed by atoms with Gasteiger partial charge in [0.25, 0.3) is 0 Å². The van der Waals surface area contributed by atoms with Crippen LogP contribution in [0.1, 0.15) is 38.1 Å². The topological polar surface area (TPSA) is 110 Å². The first-order valence-electron chi connectivity index (χ1n) is 10.8. The molecule has 4 rings (SSSR count). The van der Waals surface area contributed by atoms with E-state index < -0.39 is 14.6 Å². The number of nitrogens with zero attached hydrogens (tertiary/aromatic N) is 2. The summed E-state index contributed by atoms with van der Waals surface area (Å²) < 4.78 is 29.6. The minimum Gasteiger partial charge on any atom is -0.381 e. The number of benzene rings is 1. The van der Waals surface area contributed by atoms with Gasteiger partial charge in [0.05, 0.1) is 24.5 Å². The van der Waals surface area contributed by atoms with Crippen molar-refractivity contribution in [3.8, 4) is 11.4 Å². The number of amides is 1. The van der Waals surface area contributed by atoms with Crippen LogP contribution in [0.2, 0.25) is 0 Å². The van der Waals surface area contributed by atoms with Gasteiger partial charge in [0.15, 0.2) is 15.7 Å². The first-order valence-corrected chi connectivity index (χ1v) is 12.7. The fourth-order valence-electron chi connectivity index (χ4n) is 4.23. The van der Waals surface area contributed by atoms with Crippen molar-refractivity contribution in [1.29, 1.82) is 0 Å². The van der Waals surface area contributed by atoms with Crippen molar-refractivity contribution in [2.45, 2.75) is 36.9 Å². The Labute approximate surface area is 189 Å². The standard InChI is InChI=1S/C23H30N4O4S/c1-22(2,32(4,29)30)18-11-19(23-9-10-31-14-16(23)12-23)27-21(26-18)15-5-7-17(8-6-15)25-20(28)13-24-3/h5-8,11,16,24H,9-10,12-14H2,1-4H3,(H,25,28)/t16-,23+/m0/s1. The Kier molecular flexibility index (Phi) is 5.85. The molecule has 2 N–H and O–H groups in total. The predicted octanol–water partition coefficient (Wildman–Crippen LogP) is 2.26. The third kappa shape index (κ3) is 4.16. The molecule has 0 unspecified atom stereocenters. The van der Waals surface area contributed by atoms with Crippen LogP contribution in [0, 0.1) is 5.92 Å². The third-order valence-corrected chi connectivity index (χ3v) is 8.85. The van der Waals surface area contributed by atoms with Gasteiger partial charge in [-0.2, -0.15) is 0 Å². The summed E-state index contributed by atoms with van der Waals surface area (Å²) in [6.45, 7) is 4.99. The van der Waals surface area contributed by atoms with Gasteiger partial charge in [0.2, 0.25) is 5.91 Å². The van der Waals surface area contributed by atoms with Gasteiger partial charge in [-0.3, -0.25) is 4.79 Å². The van der Waals surface area contributed by atoms with Gasteiger partial charge >= 0.3 is 0 Å². The zero-order chi connectivity index (χ0) is 23.1. The monoisotopic (exact) mass is 458 g/mol. The summed E-state index contributed by atoms with van der Waals surface area (Å²) in [4.78, 5) is 21.4. The first kappa shape index (κ1) is 22.8. The molecule has 1 aliphatic carbocycles. The van der Waals surface area contributed by atoms with E-state index in [1.807, 2.05) is 18.2 Å². The van der Waals surface area contributed by atoms with Gasteiger partial charge < -0.3 is 15.4 Å². The number of carbonyl (C=O) groups is 1.